The first-order valence-corrected chi connectivity index (χ1v) is 6.34. The van der Waals surface area contributed by atoms with E-state index in [1.165, 1.54) is 6.20 Å². The van der Waals surface area contributed by atoms with Crippen LogP contribution in [0, 0.1) is 0 Å². The lowest BCUT2D eigenvalue weighted by molar-refractivity contribution is -0.136. The minimum absolute atomic E-state index is 0.239. The fraction of sp³-hybridized carbons (Fsp3) is 0.267. The third-order valence-corrected chi connectivity index (χ3v) is 2.35. The monoisotopic (exact) mass is 261 g/mol. The second kappa shape index (κ2) is 7.26. The summed E-state index contributed by atoms with van der Waals surface area (Å²) in [5.41, 5.74) is 6.39. The summed E-state index contributed by atoms with van der Waals surface area (Å²) >= 11 is 0. The van der Waals surface area contributed by atoms with Crippen LogP contribution < -0.4 is 5.73 Å². The molecule has 0 bridgehead atoms. The molecule has 19 heavy (non-hydrogen) atoms. The van der Waals surface area contributed by atoms with Crippen LogP contribution in [-0.4, -0.2) is 12.6 Å². The van der Waals surface area contributed by atoms with E-state index in [1.807, 2.05) is 38.1 Å². The summed E-state index contributed by atoms with van der Waals surface area (Å²) in [6.45, 7) is 6.04. The average Bonchev–Trinajstić information content (AvgIpc) is 2.85. The van der Waals surface area contributed by atoms with Crippen molar-refractivity contribution >= 4 is 22.5 Å². The first kappa shape index (κ1) is 14.8. The molecule has 0 saturated carbocycles. The van der Waals surface area contributed by atoms with Crippen LogP contribution in [-0.2, 0) is 9.53 Å². The number of benzene rings is 1. The van der Waals surface area contributed by atoms with E-state index in [0.717, 1.165) is 5.39 Å². The quantitative estimate of drug-likeness (QED) is 0.680. The summed E-state index contributed by atoms with van der Waals surface area (Å²) in [6, 6.07) is 9.27. The Morgan fingerprint density at radius 3 is 2.63 bits per heavy atom. The number of hydrogen-bond acceptors (Lipinski definition) is 4. The zero-order chi connectivity index (χ0) is 14.3. The van der Waals surface area contributed by atoms with Gasteiger partial charge < -0.3 is 14.9 Å². The van der Waals surface area contributed by atoms with Crippen LogP contribution in [0.15, 0.2) is 40.9 Å². The number of rotatable bonds is 3. The van der Waals surface area contributed by atoms with Crippen molar-refractivity contribution in [1.29, 1.82) is 0 Å². The highest BCUT2D eigenvalue weighted by Gasteiger charge is 2.16. The summed E-state index contributed by atoms with van der Waals surface area (Å²) in [7, 11) is 0. The third kappa shape index (κ3) is 3.37. The van der Waals surface area contributed by atoms with Gasteiger partial charge in [0, 0.05) is 11.6 Å². The zero-order valence-corrected chi connectivity index (χ0v) is 11.5. The highest BCUT2D eigenvalue weighted by Crippen LogP contribution is 2.24. The van der Waals surface area contributed by atoms with Gasteiger partial charge in [-0.3, -0.25) is 0 Å². The molecule has 1 heterocycles. The van der Waals surface area contributed by atoms with Crippen LogP contribution in [0.25, 0.3) is 16.5 Å². The lowest BCUT2D eigenvalue weighted by Gasteiger charge is -2.02. The molecule has 0 radical (unpaired) electrons. The molecule has 0 atom stereocenters. The van der Waals surface area contributed by atoms with Crippen LogP contribution in [0.2, 0.25) is 0 Å². The van der Waals surface area contributed by atoms with Gasteiger partial charge in [0.15, 0.2) is 0 Å². The number of fused-ring (bicyclic) bond motifs is 1. The number of carbonyl (C=O) groups excluding carboxylic acids is 1. The van der Waals surface area contributed by atoms with Gasteiger partial charge in [-0.15, -0.1) is 0 Å². The van der Waals surface area contributed by atoms with Crippen molar-refractivity contribution in [3.63, 3.8) is 0 Å². The molecule has 0 aliphatic carbocycles. The number of ether oxygens (including phenoxy) is 1. The maximum absolute atomic E-state index is 11.6. The van der Waals surface area contributed by atoms with Gasteiger partial charge in [0.2, 0.25) is 0 Å². The number of hydrogen-bond donors (Lipinski definition) is 1. The molecule has 1 aromatic carbocycles. The van der Waals surface area contributed by atoms with Gasteiger partial charge in [-0.05, 0) is 19.1 Å². The summed E-state index contributed by atoms with van der Waals surface area (Å²) in [5, 5.41) is 0.922. The van der Waals surface area contributed by atoms with Crippen LogP contribution in [0.3, 0.4) is 0 Å². The van der Waals surface area contributed by atoms with E-state index < -0.39 is 5.97 Å². The lowest BCUT2D eigenvalue weighted by Crippen LogP contribution is -2.07. The van der Waals surface area contributed by atoms with Crippen molar-refractivity contribution in [2.24, 2.45) is 5.73 Å². The van der Waals surface area contributed by atoms with Gasteiger partial charge in [-0.25, -0.2) is 4.79 Å². The summed E-state index contributed by atoms with van der Waals surface area (Å²) < 4.78 is 10.4. The van der Waals surface area contributed by atoms with Crippen molar-refractivity contribution in [3.8, 4) is 0 Å². The van der Waals surface area contributed by atoms with E-state index in [2.05, 4.69) is 0 Å². The van der Waals surface area contributed by atoms with Crippen LogP contribution in [0.4, 0.5) is 0 Å². The molecule has 0 fully saturated rings. The summed E-state index contributed by atoms with van der Waals surface area (Å²) in [6.07, 6.45) is 1.20. The standard InChI is InChI=1S/C13H13NO3.C2H6/c1-2-16-13(15)10(8-14)12-7-9-5-3-4-6-11(9)17-12;1-2/h3-8H,2,14H2,1H3;1-2H3/b10-8+;. The first-order chi connectivity index (χ1) is 9.26. The maximum atomic E-state index is 11.6. The second-order valence-corrected chi connectivity index (χ2v) is 3.45. The molecule has 0 spiro atoms. The molecule has 0 aliphatic heterocycles. The van der Waals surface area contributed by atoms with E-state index in [0.29, 0.717) is 18.0 Å². The minimum Gasteiger partial charge on any atom is -0.462 e. The zero-order valence-electron chi connectivity index (χ0n) is 11.5. The van der Waals surface area contributed by atoms with E-state index in [4.69, 9.17) is 14.9 Å². The van der Waals surface area contributed by atoms with Crippen molar-refractivity contribution in [1.82, 2.24) is 0 Å². The van der Waals surface area contributed by atoms with E-state index in [9.17, 15) is 4.79 Å². The number of carbonyl (C=O) groups is 1. The molecule has 1 aromatic heterocycles. The SMILES string of the molecule is CC.CCOC(=O)/C(=C/N)c1cc2ccccc2o1. The Morgan fingerprint density at radius 1 is 1.37 bits per heavy atom. The van der Waals surface area contributed by atoms with E-state index in [1.54, 1.807) is 13.0 Å². The molecule has 0 saturated heterocycles. The molecule has 2 N–H and O–H groups in total. The van der Waals surface area contributed by atoms with Gasteiger partial charge in [0.1, 0.15) is 16.9 Å². The molecule has 0 amide bonds. The first-order valence-electron chi connectivity index (χ1n) is 6.34. The minimum atomic E-state index is -0.478. The van der Waals surface area contributed by atoms with Crippen molar-refractivity contribution in [2.75, 3.05) is 6.61 Å². The smallest absolute Gasteiger partial charge is 0.343 e. The van der Waals surface area contributed by atoms with Gasteiger partial charge >= 0.3 is 5.97 Å². The Bertz CT molecular complexity index is 537. The van der Waals surface area contributed by atoms with Crippen molar-refractivity contribution < 1.29 is 13.9 Å². The molecular formula is C15H19NO3. The number of nitrogens with two attached hydrogens (primary N) is 1. The Labute approximate surface area is 112 Å². The molecule has 2 rings (SSSR count). The number of para-hydroxylation sites is 1. The molecular weight excluding hydrogens is 242 g/mol. The van der Waals surface area contributed by atoms with Crippen LogP contribution in [0.5, 0.6) is 0 Å². The summed E-state index contributed by atoms with van der Waals surface area (Å²) in [4.78, 5) is 11.6. The van der Waals surface area contributed by atoms with Gasteiger partial charge in [-0.2, -0.15) is 0 Å². The third-order valence-electron chi connectivity index (χ3n) is 2.35. The highest BCUT2D eigenvalue weighted by molar-refractivity contribution is 6.16. The molecule has 0 unspecified atom stereocenters. The summed E-state index contributed by atoms with van der Waals surface area (Å²) in [5.74, 6) is -0.0544. The van der Waals surface area contributed by atoms with Gasteiger partial charge in [0.05, 0.1) is 6.61 Å². The fourth-order valence-electron chi connectivity index (χ4n) is 1.57. The van der Waals surface area contributed by atoms with Crippen LogP contribution >= 0.6 is 0 Å². The lowest BCUT2D eigenvalue weighted by atomic mass is 10.2. The second-order valence-electron chi connectivity index (χ2n) is 3.45. The van der Waals surface area contributed by atoms with Gasteiger partial charge in [-0.1, -0.05) is 32.0 Å². The van der Waals surface area contributed by atoms with E-state index >= 15 is 0 Å². The molecule has 4 nitrogen and oxygen atoms in total. The average molecular weight is 261 g/mol. The number of esters is 1. The van der Waals surface area contributed by atoms with Crippen molar-refractivity contribution in [3.05, 3.63) is 42.3 Å². The Balaban J connectivity index is 0.000000861. The molecule has 2 aromatic rings. The Morgan fingerprint density at radius 2 is 2.05 bits per heavy atom. The fourth-order valence-corrected chi connectivity index (χ4v) is 1.57. The Hall–Kier alpha value is -2.23. The Kier molecular flexibility index (Phi) is 5.67. The molecule has 102 valence electrons. The topological polar surface area (TPSA) is 65.5 Å². The van der Waals surface area contributed by atoms with E-state index in [-0.39, 0.29) is 5.57 Å². The number of furan rings is 1. The predicted molar refractivity (Wildman–Crippen MR) is 76.4 cm³/mol. The normalized spacial score (nSPS) is 10.8. The van der Waals surface area contributed by atoms with Crippen LogP contribution in [0.1, 0.15) is 26.5 Å². The van der Waals surface area contributed by atoms with Gasteiger partial charge in [0.25, 0.3) is 0 Å². The molecule has 0 aliphatic rings. The van der Waals surface area contributed by atoms with Crippen molar-refractivity contribution in [2.45, 2.75) is 20.8 Å². The largest absolute Gasteiger partial charge is 0.462 e. The highest BCUT2D eigenvalue weighted by atomic mass is 16.5. The maximum Gasteiger partial charge on any atom is 0.343 e. The predicted octanol–water partition coefficient (Wildman–Crippen LogP) is 3.32. The molecule has 4 heteroatoms.